The smallest absolute Gasteiger partial charge is 0.329 e. The molecule has 184 valence electrons. The van der Waals surface area contributed by atoms with Gasteiger partial charge in [0.2, 0.25) is 5.95 Å². The molecule has 0 radical (unpaired) electrons. The van der Waals surface area contributed by atoms with Crippen molar-refractivity contribution in [1.29, 1.82) is 0 Å². The van der Waals surface area contributed by atoms with E-state index in [2.05, 4.69) is 45.1 Å². The van der Waals surface area contributed by atoms with E-state index in [-0.39, 0.29) is 0 Å². The number of H-pyrrole nitrogens is 1. The van der Waals surface area contributed by atoms with E-state index in [9.17, 15) is 9.59 Å². The quantitative estimate of drug-likeness (QED) is 0.345. The minimum atomic E-state index is -0.457. The zero-order chi connectivity index (χ0) is 24.6. The number of para-hydroxylation sites is 2. The van der Waals surface area contributed by atoms with Gasteiger partial charge in [0.05, 0.1) is 10.2 Å². The van der Waals surface area contributed by atoms with Gasteiger partial charge in [0.25, 0.3) is 5.56 Å². The lowest BCUT2D eigenvalue weighted by atomic mass is 10.2. The lowest BCUT2D eigenvalue weighted by molar-refractivity contribution is 0.623. The summed E-state index contributed by atoms with van der Waals surface area (Å²) >= 11 is 3.34. The highest BCUT2D eigenvalue weighted by Gasteiger charge is 2.25. The molecule has 0 aliphatic carbocycles. The number of hydrogen-bond acceptors (Lipinski definition) is 8. The number of fused-ring (bicyclic) bond motifs is 2. The number of imidazole rings is 1. The second-order valence-corrected chi connectivity index (χ2v) is 11.0. The molecule has 2 aromatic carbocycles. The number of aromatic amines is 1. The fourth-order valence-corrected chi connectivity index (χ4v) is 6.68. The maximum Gasteiger partial charge on any atom is 0.329 e. The Morgan fingerprint density at radius 3 is 2.44 bits per heavy atom. The monoisotopic (exact) mass is 519 g/mol. The molecule has 0 amide bonds. The number of anilines is 2. The van der Waals surface area contributed by atoms with Crippen molar-refractivity contribution in [2.75, 3.05) is 41.7 Å². The summed E-state index contributed by atoms with van der Waals surface area (Å²) < 4.78 is 5.54. The van der Waals surface area contributed by atoms with Crippen LogP contribution in [0.1, 0.15) is 0 Å². The van der Waals surface area contributed by atoms with Gasteiger partial charge in [-0.1, -0.05) is 42.1 Å². The van der Waals surface area contributed by atoms with Gasteiger partial charge in [-0.25, -0.2) is 9.78 Å². The summed E-state index contributed by atoms with van der Waals surface area (Å²) in [6.07, 6.45) is 0. The van der Waals surface area contributed by atoms with E-state index in [1.54, 1.807) is 30.1 Å². The van der Waals surface area contributed by atoms with E-state index in [1.807, 2.05) is 28.8 Å². The molecule has 1 fully saturated rings. The van der Waals surface area contributed by atoms with Gasteiger partial charge in [0.1, 0.15) is 0 Å². The number of piperazine rings is 1. The van der Waals surface area contributed by atoms with Crippen LogP contribution in [0.5, 0.6) is 0 Å². The summed E-state index contributed by atoms with van der Waals surface area (Å²) in [4.78, 5) is 41.7. The standard InChI is InChI=1S/C25H25N7O2S2/c1-29-21-20(22(33)28-24(29)34)32(15-16-35-25-26-18-9-5-6-10-19(18)36-25)23(27-21)31-13-11-30(12-14-31)17-7-3-2-4-8-17/h2-10H,11-16H2,1H3,(H,28,33,34). The lowest BCUT2D eigenvalue weighted by Gasteiger charge is -2.36. The first-order chi connectivity index (χ1) is 17.6. The van der Waals surface area contributed by atoms with Crippen LogP contribution < -0.4 is 21.0 Å². The van der Waals surface area contributed by atoms with Gasteiger partial charge in [-0.15, -0.1) is 11.3 Å². The van der Waals surface area contributed by atoms with Crippen LogP contribution in [0, 0.1) is 0 Å². The number of hydrogen-bond donors (Lipinski definition) is 1. The van der Waals surface area contributed by atoms with Crippen LogP contribution >= 0.6 is 23.1 Å². The molecule has 0 bridgehead atoms. The van der Waals surface area contributed by atoms with Crippen LogP contribution in [-0.2, 0) is 13.6 Å². The third kappa shape index (κ3) is 4.18. The third-order valence-electron chi connectivity index (χ3n) is 6.49. The summed E-state index contributed by atoms with van der Waals surface area (Å²) in [5.74, 6) is 1.46. The molecule has 0 saturated carbocycles. The summed E-state index contributed by atoms with van der Waals surface area (Å²) in [5.41, 5.74) is 2.19. The minimum Gasteiger partial charge on any atom is -0.368 e. The first kappa shape index (κ1) is 22.9. The molecule has 4 heterocycles. The Kier molecular flexibility index (Phi) is 6.02. The van der Waals surface area contributed by atoms with Crippen molar-refractivity contribution in [1.82, 2.24) is 24.1 Å². The second kappa shape index (κ2) is 9.47. The van der Waals surface area contributed by atoms with E-state index in [4.69, 9.17) is 9.97 Å². The van der Waals surface area contributed by atoms with Crippen LogP contribution in [-0.4, -0.2) is 56.0 Å². The summed E-state index contributed by atoms with van der Waals surface area (Å²) in [6, 6.07) is 18.5. The number of nitrogens with zero attached hydrogens (tertiary/aromatic N) is 6. The van der Waals surface area contributed by atoms with Gasteiger partial charge >= 0.3 is 5.69 Å². The molecule has 0 spiro atoms. The molecule has 5 aromatic rings. The topological polar surface area (TPSA) is 92.0 Å². The van der Waals surface area contributed by atoms with E-state index in [0.29, 0.717) is 17.7 Å². The number of nitrogens with one attached hydrogen (secondary N) is 1. The van der Waals surface area contributed by atoms with Crippen LogP contribution in [0.3, 0.4) is 0 Å². The van der Waals surface area contributed by atoms with Crippen LogP contribution in [0.15, 0.2) is 68.5 Å². The maximum atomic E-state index is 12.9. The molecule has 1 aliphatic heterocycles. The first-order valence-electron chi connectivity index (χ1n) is 11.8. The highest BCUT2D eigenvalue weighted by atomic mass is 32.2. The fourth-order valence-electron chi connectivity index (χ4n) is 4.62. The van der Waals surface area contributed by atoms with Crippen LogP contribution in [0.2, 0.25) is 0 Å². The van der Waals surface area contributed by atoms with Gasteiger partial charge in [-0.3, -0.25) is 14.3 Å². The van der Waals surface area contributed by atoms with Crippen LogP contribution in [0.25, 0.3) is 21.4 Å². The van der Waals surface area contributed by atoms with E-state index >= 15 is 0 Å². The number of aromatic nitrogens is 5. The van der Waals surface area contributed by atoms with E-state index in [0.717, 1.165) is 52.4 Å². The number of aryl methyl sites for hydroxylation is 2. The lowest BCUT2D eigenvalue weighted by Crippen LogP contribution is -2.47. The highest BCUT2D eigenvalue weighted by Crippen LogP contribution is 2.30. The normalized spacial score (nSPS) is 14.2. The SMILES string of the molecule is Cn1c(=O)[nH]c(=O)c2c1nc(N1CCN(c3ccccc3)CC1)n2CCSc1nc2ccccc2s1. The Labute approximate surface area is 215 Å². The Hall–Kier alpha value is -3.57. The molecule has 1 saturated heterocycles. The van der Waals surface area contributed by atoms with Crippen molar-refractivity contribution in [2.45, 2.75) is 10.9 Å². The molecule has 0 atom stereocenters. The molecule has 0 unspecified atom stereocenters. The zero-order valence-corrected chi connectivity index (χ0v) is 21.4. The predicted octanol–water partition coefficient (Wildman–Crippen LogP) is 3.15. The molecule has 1 aliphatic rings. The van der Waals surface area contributed by atoms with Crippen molar-refractivity contribution in [3.63, 3.8) is 0 Å². The largest absolute Gasteiger partial charge is 0.368 e. The summed E-state index contributed by atoms with van der Waals surface area (Å²) in [6.45, 7) is 3.82. The van der Waals surface area contributed by atoms with Gasteiger partial charge in [-0.05, 0) is 24.3 Å². The molecule has 3 aromatic heterocycles. The van der Waals surface area contributed by atoms with E-state index < -0.39 is 11.2 Å². The molecule has 1 N–H and O–H groups in total. The van der Waals surface area contributed by atoms with Crippen molar-refractivity contribution < 1.29 is 0 Å². The van der Waals surface area contributed by atoms with Gasteiger partial charge in [0, 0.05) is 51.2 Å². The average Bonchev–Trinajstić information content (AvgIpc) is 3.50. The second-order valence-electron chi connectivity index (χ2n) is 8.66. The fraction of sp³-hybridized carbons (Fsp3) is 0.280. The third-order valence-corrected chi connectivity index (χ3v) is 8.65. The van der Waals surface area contributed by atoms with Crippen molar-refractivity contribution in [2.24, 2.45) is 7.05 Å². The molecule has 6 rings (SSSR count). The van der Waals surface area contributed by atoms with E-state index in [1.165, 1.54) is 10.3 Å². The van der Waals surface area contributed by atoms with Crippen LogP contribution in [0.4, 0.5) is 11.6 Å². The Morgan fingerprint density at radius 2 is 1.67 bits per heavy atom. The number of rotatable bonds is 6. The van der Waals surface area contributed by atoms with Crippen molar-refractivity contribution >= 4 is 56.1 Å². The summed E-state index contributed by atoms with van der Waals surface area (Å²) in [7, 11) is 1.64. The maximum absolute atomic E-state index is 12.9. The highest BCUT2D eigenvalue weighted by molar-refractivity contribution is 8.01. The molecule has 9 nitrogen and oxygen atoms in total. The zero-order valence-electron chi connectivity index (χ0n) is 19.8. The summed E-state index contributed by atoms with van der Waals surface area (Å²) in [5, 5.41) is 0. The number of benzene rings is 2. The van der Waals surface area contributed by atoms with Gasteiger partial charge in [0.15, 0.2) is 15.5 Å². The van der Waals surface area contributed by atoms with Crippen molar-refractivity contribution in [3.05, 3.63) is 75.4 Å². The predicted molar refractivity (Wildman–Crippen MR) is 147 cm³/mol. The van der Waals surface area contributed by atoms with Gasteiger partial charge < -0.3 is 14.4 Å². The first-order valence-corrected chi connectivity index (χ1v) is 13.6. The minimum absolute atomic E-state index is 0.403. The molecular weight excluding hydrogens is 494 g/mol. The molecular formula is C25H25N7O2S2. The van der Waals surface area contributed by atoms with Crippen molar-refractivity contribution in [3.8, 4) is 0 Å². The van der Waals surface area contributed by atoms with Gasteiger partial charge in [-0.2, -0.15) is 4.98 Å². The Bertz CT molecular complexity index is 1610. The molecule has 11 heteroatoms. The Morgan fingerprint density at radius 1 is 0.944 bits per heavy atom. The number of thioether (sulfide) groups is 1. The molecule has 36 heavy (non-hydrogen) atoms. The average molecular weight is 520 g/mol. The number of thiazole rings is 1. The Balaban J connectivity index is 1.28.